The first-order valence-electron chi connectivity index (χ1n) is 7.44. The molecule has 0 N–H and O–H groups in total. The lowest BCUT2D eigenvalue weighted by Crippen LogP contribution is -2.27. The molecule has 0 saturated heterocycles. The van der Waals surface area contributed by atoms with Crippen LogP contribution in [0.3, 0.4) is 0 Å². The maximum Gasteiger partial charge on any atom is 0.189 e. The van der Waals surface area contributed by atoms with E-state index in [1.54, 1.807) is 6.07 Å². The van der Waals surface area contributed by atoms with Crippen LogP contribution in [-0.2, 0) is 11.3 Å². The Morgan fingerprint density at radius 2 is 2.04 bits per heavy atom. The number of hydrogen-bond donors (Lipinski definition) is 0. The highest BCUT2D eigenvalue weighted by Gasteiger charge is 2.33. The van der Waals surface area contributed by atoms with Crippen molar-refractivity contribution in [3.05, 3.63) is 57.6 Å². The van der Waals surface area contributed by atoms with E-state index in [0.717, 1.165) is 16.7 Å². The molecule has 0 aromatic heterocycles. The fraction of sp³-hybridized carbons (Fsp3) is 0.278. The van der Waals surface area contributed by atoms with E-state index in [-0.39, 0.29) is 19.2 Å². The normalized spacial score (nSPS) is 19.4. The van der Waals surface area contributed by atoms with Crippen LogP contribution in [0, 0.1) is 6.92 Å². The number of ether oxygens (including phenoxy) is 3. The van der Waals surface area contributed by atoms with Crippen molar-refractivity contribution in [2.75, 3.05) is 13.4 Å². The number of benzene rings is 2. The number of hydrogen-bond acceptors (Lipinski definition) is 4. The van der Waals surface area contributed by atoms with Gasteiger partial charge in [-0.25, -0.2) is 0 Å². The fourth-order valence-corrected chi connectivity index (χ4v) is 3.34. The Bertz CT molecular complexity index is 800. The van der Waals surface area contributed by atoms with Gasteiger partial charge in [0.2, 0.25) is 0 Å². The van der Waals surface area contributed by atoms with Crippen molar-refractivity contribution in [3.8, 4) is 11.5 Å². The molecule has 5 heteroatoms. The lowest BCUT2D eigenvalue weighted by atomic mass is 9.87. The highest BCUT2D eigenvalue weighted by Crippen LogP contribution is 2.40. The molecule has 2 aliphatic rings. The van der Waals surface area contributed by atoms with Gasteiger partial charge in [0.1, 0.15) is 18.1 Å². The first-order valence-corrected chi connectivity index (χ1v) is 7.82. The maximum absolute atomic E-state index is 12.9. The van der Waals surface area contributed by atoms with Crippen LogP contribution in [0.4, 0.5) is 0 Å². The second kappa shape index (κ2) is 5.55. The Labute approximate surface area is 138 Å². The van der Waals surface area contributed by atoms with E-state index in [4.69, 9.17) is 25.8 Å². The topological polar surface area (TPSA) is 44.8 Å². The van der Waals surface area contributed by atoms with E-state index in [1.807, 2.05) is 31.2 Å². The summed E-state index contributed by atoms with van der Waals surface area (Å²) in [5, 5.41) is 0.565. The van der Waals surface area contributed by atoms with Crippen LogP contribution < -0.4 is 9.47 Å². The molecule has 1 atom stereocenters. The van der Waals surface area contributed by atoms with Crippen LogP contribution >= 0.6 is 11.6 Å². The molecule has 0 amide bonds. The molecule has 23 heavy (non-hydrogen) atoms. The molecule has 2 aromatic carbocycles. The molecule has 2 aromatic rings. The Hall–Kier alpha value is -2.04. The third-order valence-corrected chi connectivity index (χ3v) is 4.42. The van der Waals surface area contributed by atoms with Gasteiger partial charge in [0, 0.05) is 16.1 Å². The molecule has 0 aliphatic carbocycles. The van der Waals surface area contributed by atoms with Gasteiger partial charge in [0.15, 0.2) is 12.6 Å². The summed E-state index contributed by atoms with van der Waals surface area (Å²) in [5.74, 6) is 0.950. The summed E-state index contributed by atoms with van der Waals surface area (Å²) in [7, 11) is 0. The quantitative estimate of drug-likeness (QED) is 0.796. The number of fused-ring (bicyclic) bond motifs is 2. The van der Waals surface area contributed by atoms with Crippen molar-refractivity contribution in [1.82, 2.24) is 0 Å². The van der Waals surface area contributed by atoms with Crippen LogP contribution in [0.2, 0.25) is 5.02 Å². The SMILES string of the molecule is Cc1ccc2c(c1)OC[C@@H](c1cc(Cl)cc3c1OCOC3)C2=O. The van der Waals surface area contributed by atoms with Gasteiger partial charge >= 0.3 is 0 Å². The molecule has 118 valence electrons. The summed E-state index contributed by atoms with van der Waals surface area (Å²) in [6, 6.07) is 9.23. The molecule has 4 rings (SSSR count). The minimum absolute atomic E-state index is 0.0332. The third-order valence-electron chi connectivity index (χ3n) is 4.20. The molecule has 0 fully saturated rings. The lowest BCUT2D eigenvalue weighted by molar-refractivity contribution is -0.0174. The van der Waals surface area contributed by atoms with Crippen molar-refractivity contribution >= 4 is 17.4 Å². The van der Waals surface area contributed by atoms with E-state index >= 15 is 0 Å². The summed E-state index contributed by atoms with van der Waals surface area (Å²) in [4.78, 5) is 12.9. The number of Topliss-reactive ketones (excluding diaryl/α,β-unsaturated/α-hetero) is 1. The van der Waals surface area contributed by atoms with Crippen molar-refractivity contribution in [2.24, 2.45) is 0 Å². The maximum atomic E-state index is 12.9. The van der Waals surface area contributed by atoms with Crippen molar-refractivity contribution in [1.29, 1.82) is 0 Å². The van der Waals surface area contributed by atoms with E-state index in [0.29, 0.717) is 28.7 Å². The predicted octanol–water partition coefficient (Wildman–Crippen LogP) is 3.87. The molecule has 0 radical (unpaired) electrons. The molecule has 0 bridgehead atoms. The van der Waals surface area contributed by atoms with Gasteiger partial charge in [-0.2, -0.15) is 0 Å². The van der Waals surface area contributed by atoms with Crippen LogP contribution in [0.15, 0.2) is 30.3 Å². The molecule has 2 aliphatic heterocycles. The van der Waals surface area contributed by atoms with Crippen molar-refractivity contribution in [3.63, 3.8) is 0 Å². The van der Waals surface area contributed by atoms with E-state index in [1.165, 1.54) is 0 Å². The zero-order valence-corrected chi connectivity index (χ0v) is 13.4. The second-order valence-corrected chi connectivity index (χ2v) is 6.26. The second-order valence-electron chi connectivity index (χ2n) is 5.82. The standard InChI is InChI=1S/C18H15ClO4/c1-10-2-3-13-16(4-10)22-8-15(17(13)20)14-6-12(19)5-11-7-21-9-23-18(11)14/h2-6,15H,7-9H2,1H3/t15-/m0/s1. The van der Waals surface area contributed by atoms with Gasteiger partial charge in [-0.3, -0.25) is 4.79 Å². The summed E-state index contributed by atoms with van der Waals surface area (Å²) >= 11 is 6.21. The van der Waals surface area contributed by atoms with Gasteiger partial charge in [-0.05, 0) is 36.8 Å². The molecular weight excluding hydrogens is 316 g/mol. The zero-order valence-electron chi connectivity index (χ0n) is 12.6. The summed E-state index contributed by atoms with van der Waals surface area (Å²) in [6.07, 6.45) is 0. The largest absolute Gasteiger partial charge is 0.492 e. The van der Waals surface area contributed by atoms with Gasteiger partial charge in [0.05, 0.1) is 18.1 Å². The Kier molecular flexibility index (Phi) is 3.51. The molecular formula is C18H15ClO4. The smallest absolute Gasteiger partial charge is 0.189 e. The Morgan fingerprint density at radius 1 is 1.17 bits per heavy atom. The molecule has 2 heterocycles. The predicted molar refractivity (Wildman–Crippen MR) is 85.5 cm³/mol. The molecule has 4 nitrogen and oxygen atoms in total. The van der Waals surface area contributed by atoms with Gasteiger partial charge in [0.25, 0.3) is 0 Å². The average molecular weight is 331 g/mol. The van der Waals surface area contributed by atoms with Crippen molar-refractivity contribution < 1.29 is 19.0 Å². The number of ketones is 1. The summed E-state index contributed by atoms with van der Waals surface area (Å²) < 4.78 is 16.7. The first-order chi connectivity index (χ1) is 11.1. The highest BCUT2D eigenvalue weighted by atomic mass is 35.5. The monoisotopic (exact) mass is 330 g/mol. The number of halogens is 1. The third kappa shape index (κ3) is 2.48. The summed E-state index contributed by atoms with van der Waals surface area (Å²) in [6.45, 7) is 2.87. The average Bonchev–Trinajstić information content (AvgIpc) is 2.54. The van der Waals surface area contributed by atoms with Crippen LogP contribution in [0.25, 0.3) is 0 Å². The molecule has 0 unspecified atom stereocenters. The Morgan fingerprint density at radius 3 is 2.91 bits per heavy atom. The van der Waals surface area contributed by atoms with Gasteiger partial charge < -0.3 is 14.2 Å². The van der Waals surface area contributed by atoms with E-state index in [9.17, 15) is 4.79 Å². The molecule has 0 spiro atoms. The van der Waals surface area contributed by atoms with E-state index in [2.05, 4.69) is 0 Å². The van der Waals surface area contributed by atoms with Gasteiger partial charge in [-0.1, -0.05) is 17.7 Å². The van der Waals surface area contributed by atoms with E-state index < -0.39 is 5.92 Å². The number of carbonyl (C=O) groups is 1. The minimum Gasteiger partial charge on any atom is -0.492 e. The highest BCUT2D eigenvalue weighted by molar-refractivity contribution is 6.30. The Balaban J connectivity index is 1.79. The number of rotatable bonds is 1. The fourth-order valence-electron chi connectivity index (χ4n) is 3.09. The van der Waals surface area contributed by atoms with Crippen LogP contribution in [0.1, 0.15) is 33.0 Å². The number of aryl methyl sites for hydroxylation is 1. The van der Waals surface area contributed by atoms with Gasteiger partial charge in [-0.15, -0.1) is 0 Å². The van der Waals surface area contributed by atoms with Crippen molar-refractivity contribution in [2.45, 2.75) is 19.4 Å². The number of carbonyl (C=O) groups excluding carboxylic acids is 1. The van der Waals surface area contributed by atoms with Crippen LogP contribution in [0.5, 0.6) is 11.5 Å². The van der Waals surface area contributed by atoms with Crippen LogP contribution in [-0.4, -0.2) is 19.2 Å². The zero-order chi connectivity index (χ0) is 16.0. The minimum atomic E-state index is -0.421. The molecule has 0 saturated carbocycles. The first kappa shape index (κ1) is 14.5. The lowest BCUT2D eigenvalue weighted by Gasteiger charge is -2.28. The summed E-state index contributed by atoms with van der Waals surface area (Å²) in [5.41, 5.74) is 3.30.